The first-order chi connectivity index (χ1) is 5.65. The van der Waals surface area contributed by atoms with Crippen molar-refractivity contribution in [2.45, 2.75) is 19.4 Å². The minimum absolute atomic E-state index is 0.157. The molecule has 0 bridgehead atoms. The number of hydrogen-bond donors (Lipinski definition) is 1. The Balaban J connectivity index is 4.21. The predicted octanol–water partition coefficient (Wildman–Crippen LogP) is 2.42. The van der Waals surface area contributed by atoms with E-state index in [9.17, 15) is 0 Å². The van der Waals surface area contributed by atoms with E-state index in [1.807, 2.05) is 13.1 Å². The minimum atomic E-state index is 0.157. The van der Waals surface area contributed by atoms with Gasteiger partial charge in [0.15, 0.2) is 0 Å². The molecule has 1 atom stereocenters. The Hall–Kier alpha value is -0.280. The van der Waals surface area contributed by atoms with Crippen LogP contribution in [-0.4, -0.2) is 20.3 Å². The summed E-state index contributed by atoms with van der Waals surface area (Å²) in [6.07, 6.45) is 3.12. The second-order valence-corrected chi connectivity index (χ2v) is 3.28. The van der Waals surface area contributed by atoms with Crippen molar-refractivity contribution in [3.63, 3.8) is 0 Å². The highest BCUT2D eigenvalue weighted by Crippen LogP contribution is 2.15. The molecule has 0 heterocycles. The molecular weight excluding hydrogens is 218 g/mol. The van der Waals surface area contributed by atoms with Crippen molar-refractivity contribution < 1.29 is 4.74 Å². The van der Waals surface area contributed by atoms with Gasteiger partial charge in [0.05, 0.1) is 6.10 Å². The van der Waals surface area contributed by atoms with Crippen LogP contribution in [0.5, 0.6) is 0 Å². The van der Waals surface area contributed by atoms with Gasteiger partial charge in [0, 0.05) is 24.3 Å². The molecule has 0 saturated carbocycles. The molecule has 0 fully saturated rings. The van der Waals surface area contributed by atoms with Crippen LogP contribution >= 0.6 is 15.9 Å². The first-order valence-electron chi connectivity index (χ1n) is 3.92. The zero-order valence-electron chi connectivity index (χ0n) is 7.86. The topological polar surface area (TPSA) is 21.3 Å². The summed E-state index contributed by atoms with van der Waals surface area (Å²) in [5.41, 5.74) is 0.866. The second-order valence-electron chi connectivity index (χ2n) is 2.43. The van der Waals surface area contributed by atoms with Crippen LogP contribution in [0.1, 0.15) is 13.3 Å². The number of nitrogens with one attached hydrogen (secondary N) is 1. The zero-order valence-corrected chi connectivity index (χ0v) is 9.44. The average Bonchev–Trinajstić information content (AvgIpc) is 2.12. The molecule has 1 unspecified atom stereocenters. The van der Waals surface area contributed by atoms with E-state index in [4.69, 9.17) is 4.74 Å². The Kier molecular flexibility index (Phi) is 6.11. The van der Waals surface area contributed by atoms with Gasteiger partial charge in [-0.25, -0.2) is 0 Å². The third-order valence-corrected chi connectivity index (χ3v) is 2.37. The Labute approximate surface area is 82.8 Å². The minimum Gasteiger partial charge on any atom is -0.388 e. The lowest BCUT2D eigenvalue weighted by Crippen LogP contribution is -2.09. The maximum Gasteiger partial charge on any atom is 0.0763 e. The molecule has 0 spiro atoms. The molecule has 0 amide bonds. The molecule has 12 heavy (non-hydrogen) atoms. The van der Waals surface area contributed by atoms with Gasteiger partial charge in [0.2, 0.25) is 0 Å². The van der Waals surface area contributed by atoms with E-state index in [0.717, 1.165) is 16.6 Å². The van der Waals surface area contributed by atoms with Gasteiger partial charge in [-0.3, -0.25) is 0 Å². The number of ether oxygens (including phenoxy) is 1. The molecule has 0 aromatic heterocycles. The highest BCUT2D eigenvalue weighted by Gasteiger charge is 2.02. The van der Waals surface area contributed by atoms with E-state index in [1.165, 1.54) is 0 Å². The maximum absolute atomic E-state index is 5.19. The Morgan fingerprint density at radius 1 is 1.75 bits per heavy atom. The van der Waals surface area contributed by atoms with Crippen molar-refractivity contribution in [2.24, 2.45) is 0 Å². The third-order valence-electron chi connectivity index (χ3n) is 1.63. The van der Waals surface area contributed by atoms with Gasteiger partial charge in [-0.05, 0) is 28.4 Å². The molecule has 0 radical (unpaired) electrons. The summed E-state index contributed by atoms with van der Waals surface area (Å²) < 4.78 is 6.15. The normalized spacial score (nSPS) is 14.2. The smallest absolute Gasteiger partial charge is 0.0763 e. The fraction of sp³-hybridized carbons (Fsp3) is 0.556. The first-order valence-corrected chi connectivity index (χ1v) is 4.72. The summed E-state index contributed by atoms with van der Waals surface area (Å²) in [7, 11) is 3.54. The molecule has 3 heteroatoms. The van der Waals surface area contributed by atoms with E-state index < -0.39 is 0 Å². The van der Waals surface area contributed by atoms with Crippen molar-refractivity contribution >= 4 is 15.9 Å². The highest BCUT2D eigenvalue weighted by molar-refractivity contribution is 9.12. The first kappa shape index (κ1) is 11.7. The second kappa shape index (κ2) is 6.26. The molecule has 0 saturated heterocycles. The summed E-state index contributed by atoms with van der Waals surface area (Å²) in [5.74, 6) is 0. The van der Waals surface area contributed by atoms with Gasteiger partial charge in [-0.1, -0.05) is 13.5 Å². The lowest BCUT2D eigenvalue weighted by atomic mass is 10.2. The molecule has 70 valence electrons. The van der Waals surface area contributed by atoms with E-state index in [2.05, 4.69) is 34.7 Å². The van der Waals surface area contributed by atoms with Crippen molar-refractivity contribution in [3.05, 3.63) is 22.8 Å². The van der Waals surface area contributed by atoms with Crippen LogP contribution in [0.3, 0.4) is 0 Å². The van der Waals surface area contributed by atoms with E-state index >= 15 is 0 Å². The fourth-order valence-corrected chi connectivity index (χ4v) is 1.23. The summed E-state index contributed by atoms with van der Waals surface area (Å²) >= 11 is 3.40. The largest absolute Gasteiger partial charge is 0.388 e. The van der Waals surface area contributed by atoms with Crippen LogP contribution in [0, 0.1) is 0 Å². The van der Waals surface area contributed by atoms with Crippen LogP contribution < -0.4 is 5.32 Å². The zero-order chi connectivity index (χ0) is 9.56. The molecule has 0 rings (SSSR count). The van der Waals surface area contributed by atoms with Crippen molar-refractivity contribution in [3.8, 4) is 0 Å². The molecule has 1 N–H and O–H groups in total. The molecule has 0 aliphatic carbocycles. The number of hydrogen-bond acceptors (Lipinski definition) is 2. The Morgan fingerprint density at radius 2 is 2.33 bits per heavy atom. The standard InChI is InChI=1S/C9H16BrNO/c1-5-8(12-4)6-9(10)7(2)11-3/h6,8,11H,2,5H2,1,3-4H3/b9-6+. The number of methoxy groups -OCH3 is 1. The van der Waals surface area contributed by atoms with Crippen LogP contribution in [0.25, 0.3) is 0 Å². The molecule has 0 aliphatic rings. The van der Waals surface area contributed by atoms with Gasteiger partial charge < -0.3 is 10.1 Å². The monoisotopic (exact) mass is 233 g/mol. The van der Waals surface area contributed by atoms with Crippen molar-refractivity contribution in [1.29, 1.82) is 0 Å². The summed E-state index contributed by atoms with van der Waals surface area (Å²) in [4.78, 5) is 0. The van der Waals surface area contributed by atoms with E-state index in [0.29, 0.717) is 0 Å². The molecule has 0 aliphatic heterocycles. The van der Waals surface area contributed by atoms with E-state index in [-0.39, 0.29) is 6.10 Å². The van der Waals surface area contributed by atoms with Gasteiger partial charge in [-0.2, -0.15) is 0 Å². The SMILES string of the molecule is C=C(NC)/C(Br)=C\C(CC)OC. The van der Waals surface area contributed by atoms with E-state index in [1.54, 1.807) is 7.11 Å². The van der Waals surface area contributed by atoms with Gasteiger partial charge in [0.25, 0.3) is 0 Å². The van der Waals surface area contributed by atoms with Gasteiger partial charge in [-0.15, -0.1) is 0 Å². The van der Waals surface area contributed by atoms with Crippen LogP contribution in [0.2, 0.25) is 0 Å². The summed E-state index contributed by atoms with van der Waals surface area (Å²) in [6, 6.07) is 0. The quantitative estimate of drug-likeness (QED) is 0.737. The van der Waals surface area contributed by atoms with Crippen LogP contribution in [0.15, 0.2) is 22.8 Å². The van der Waals surface area contributed by atoms with Crippen LogP contribution in [0.4, 0.5) is 0 Å². The van der Waals surface area contributed by atoms with Crippen LogP contribution in [-0.2, 0) is 4.74 Å². The predicted molar refractivity (Wildman–Crippen MR) is 56.3 cm³/mol. The Morgan fingerprint density at radius 3 is 2.67 bits per heavy atom. The highest BCUT2D eigenvalue weighted by atomic mass is 79.9. The van der Waals surface area contributed by atoms with Crippen molar-refractivity contribution in [2.75, 3.05) is 14.2 Å². The fourth-order valence-electron chi connectivity index (χ4n) is 0.736. The number of likely N-dealkylation sites (N-methyl/N-ethyl adjacent to an activating group) is 1. The van der Waals surface area contributed by atoms with Crippen molar-refractivity contribution in [1.82, 2.24) is 5.32 Å². The number of rotatable bonds is 5. The van der Waals surface area contributed by atoms with Gasteiger partial charge >= 0.3 is 0 Å². The number of allylic oxidation sites excluding steroid dienone is 1. The molecular formula is C9H16BrNO. The average molecular weight is 234 g/mol. The number of halogens is 1. The lowest BCUT2D eigenvalue weighted by Gasteiger charge is -2.09. The third kappa shape index (κ3) is 3.93. The Bertz CT molecular complexity index is 173. The molecule has 2 nitrogen and oxygen atoms in total. The van der Waals surface area contributed by atoms with Gasteiger partial charge in [0.1, 0.15) is 0 Å². The lowest BCUT2D eigenvalue weighted by molar-refractivity contribution is 0.138. The molecule has 0 aromatic carbocycles. The summed E-state index contributed by atoms with van der Waals surface area (Å²) in [6.45, 7) is 5.89. The molecule has 0 aromatic rings. The summed E-state index contributed by atoms with van der Waals surface area (Å²) in [5, 5.41) is 2.95. The maximum atomic E-state index is 5.19.